The molecule has 1 fully saturated rings. The van der Waals surface area contributed by atoms with Crippen LogP contribution in [0.1, 0.15) is 62.0 Å². The molecule has 1 amide bonds. The van der Waals surface area contributed by atoms with Crippen molar-refractivity contribution < 1.29 is 45.7 Å². The van der Waals surface area contributed by atoms with E-state index in [0.717, 1.165) is 5.56 Å². The lowest BCUT2D eigenvalue weighted by Crippen LogP contribution is -2.45. The molecule has 1 N–H and O–H groups in total. The summed E-state index contributed by atoms with van der Waals surface area (Å²) in [5.74, 6) is -0.527. The molecule has 11 heteroatoms. The van der Waals surface area contributed by atoms with Crippen molar-refractivity contribution in [3.63, 3.8) is 0 Å². The van der Waals surface area contributed by atoms with Gasteiger partial charge in [-0.15, -0.1) is 0 Å². The summed E-state index contributed by atoms with van der Waals surface area (Å²) in [5.41, 5.74) is -3.34. The predicted octanol–water partition coefficient (Wildman–Crippen LogP) is 6.57. The van der Waals surface area contributed by atoms with Gasteiger partial charge in [-0.05, 0) is 57.0 Å². The van der Waals surface area contributed by atoms with Gasteiger partial charge in [-0.2, -0.15) is 26.3 Å². The van der Waals surface area contributed by atoms with Gasteiger partial charge < -0.3 is 14.6 Å². The summed E-state index contributed by atoms with van der Waals surface area (Å²) in [4.78, 5) is 14.2. The number of hydrogen-bond donors (Lipinski definition) is 1. The van der Waals surface area contributed by atoms with Crippen LogP contribution in [0.25, 0.3) is 0 Å². The Balaban J connectivity index is 2.00. The normalized spacial score (nSPS) is 21.7. The van der Waals surface area contributed by atoms with Gasteiger partial charge in [0.2, 0.25) is 0 Å². The number of carbonyl (C=O) groups excluding carboxylic acids is 1. The number of ether oxygens (including phenoxy) is 2. The summed E-state index contributed by atoms with van der Waals surface area (Å²) < 4.78 is 91.8. The van der Waals surface area contributed by atoms with Crippen LogP contribution in [0, 0.1) is 0 Å². The summed E-state index contributed by atoms with van der Waals surface area (Å²) >= 11 is 0. The molecule has 0 saturated carbocycles. The van der Waals surface area contributed by atoms with Gasteiger partial charge in [0.1, 0.15) is 5.60 Å². The van der Waals surface area contributed by atoms with Crippen LogP contribution in [-0.2, 0) is 21.8 Å². The number of aliphatic hydroxyl groups excluding tert-OH is 1. The second-order valence-electron chi connectivity index (χ2n) is 9.98. The molecule has 5 nitrogen and oxygen atoms in total. The Morgan fingerprint density at radius 3 is 2.00 bits per heavy atom. The first-order chi connectivity index (χ1) is 17.0. The Bertz CT molecular complexity index is 1050. The number of rotatable bonds is 5. The minimum atomic E-state index is -5.00. The third-order valence-corrected chi connectivity index (χ3v) is 6.05. The fourth-order valence-electron chi connectivity index (χ4n) is 4.34. The lowest BCUT2D eigenvalue weighted by Gasteiger charge is -2.31. The number of aliphatic hydroxyl groups is 1. The lowest BCUT2D eigenvalue weighted by atomic mass is 9.93. The topological polar surface area (TPSA) is 59.0 Å². The molecule has 4 atom stereocenters. The van der Waals surface area contributed by atoms with Crippen molar-refractivity contribution in [2.24, 2.45) is 0 Å². The highest BCUT2D eigenvalue weighted by atomic mass is 19.4. The third kappa shape index (κ3) is 6.95. The highest BCUT2D eigenvalue weighted by molar-refractivity contribution is 5.69. The van der Waals surface area contributed by atoms with Crippen molar-refractivity contribution in [2.75, 3.05) is 13.2 Å². The number of benzene rings is 2. The molecule has 1 aliphatic rings. The summed E-state index contributed by atoms with van der Waals surface area (Å²) in [6.07, 6.45) is -12.9. The number of amides is 1. The Morgan fingerprint density at radius 2 is 1.54 bits per heavy atom. The standard InChI is InChI=1S/C26H29F6NO4/c1-15(17-10-18(25(27,28)29)12-19(11-17)26(30,31)32)36-22-20(16-8-6-5-7-9-16)13-33(21(22)14-34)23(35)37-24(2,3)4/h5-12,15,20-22,34H,13-14H2,1-4H3/t15-,20-,21+,22-/m1/s1. The van der Waals surface area contributed by atoms with E-state index in [1.165, 1.54) is 11.8 Å². The number of likely N-dealkylation sites (tertiary alicyclic amines) is 1. The van der Waals surface area contributed by atoms with Crippen molar-refractivity contribution in [3.8, 4) is 0 Å². The highest BCUT2D eigenvalue weighted by Crippen LogP contribution is 2.41. The van der Waals surface area contributed by atoms with Gasteiger partial charge in [0.25, 0.3) is 0 Å². The molecule has 204 valence electrons. The van der Waals surface area contributed by atoms with E-state index in [4.69, 9.17) is 9.47 Å². The summed E-state index contributed by atoms with van der Waals surface area (Å²) in [6.45, 7) is 5.86. The maximum absolute atomic E-state index is 13.4. The van der Waals surface area contributed by atoms with Crippen molar-refractivity contribution in [1.29, 1.82) is 0 Å². The van der Waals surface area contributed by atoms with E-state index in [1.807, 2.05) is 0 Å². The predicted molar refractivity (Wildman–Crippen MR) is 123 cm³/mol. The van der Waals surface area contributed by atoms with E-state index >= 15 is 0 Å². The Labute approximate surface area is 211 Å². The van der Waals surface area contributed by atoms with Gasteiger partial charge in [-0.1, -0.05) is 30.3 Å². The van der Waals surface area contributed by atoms with E-state index in [1.54, 1.807) is 51.1 Å². The van der Waals surface area contributed by atoms with E-state index in [9.17, 15) is 36.2 Å². The van der Waals surface area contributed by atoms with Gasteiger partial charge in [0.15, 0.2) is 0 Å². The first-order valence-corrected chi connectivity index (χ1v) is 11.6. The van der Waals surface area contributed by atoms with Crippen LogP contribution in [0.2, 0.25) is 0 Å². The van der Waals surface area contributed by atoms with Crippen LogP contribution in [-0.4, -0.2) is 47.0 Å². The van der Waals surface area contributed by atoms with Crippen LogP contribution >= 0.6 is 0 Å². The molecule has 0 spiro atoms. The zero-order chi connectivity index (χ0) is 27.8. The molecular weight excluding hydrogens is 504 g/mol. The maximum Gasteiger partial charge on any atom is 0.416 e. The summed E-state index contributed by atoms with van der Waals surface area (Å²) in [6, 6.07) is 9.15. The van der Waals surface area contributed by atoms with Gasteiger partial charge in [-0.3, -0.25) is 4.90 Å². The molecule has 37 heavy (non-hydrogen) atoms. The number of halogens is 6. The van der Waals surface area contributed by atoms with Crippen molar-refractivity contribution in [3.05, 3.63) is 70.8 Å². The van der Waals surface area contributed by atoms with Crippen LogP contribution in [0.15, 0.2) is 48.5 Å². The zero-order valence-electron chi connectivity index (χ0n) is 20.7. The van der Waals surface area contributed by atoms with Crippen LogP contribution in [0.4, 0.5) is 31.1 Å². The minimum absolute atomic E-state index is 0.0549. The van der Waals surface area contributed by atoms with Gasteiger partial charge in [0.05, 0.1) is 36.0 Å². The van der Waals surface area contributed by atoms with Crippen LogP contribution < -0.4 is 0 Å². The number of nitrogens with zero attached hydrogens (tertiary/aromatic N) is 1. The van der Waals surface area contributed by atoms with Crippen molar-refractivity contribution >= 4 is 6.09 Å². The largest absolute Gasteiger partial charge is 0.444 e. The molecule has 3 rings (SSSR count). The Morgan fingerprint density at radius 1 is 1.00 bits per heavy atom. The third-order valence-electron chi connectivity index (χ3n) is 6.05. The summed E-state index contributed by atoms with van der Waals surface area (Å²) in [5, 5.41) is 10.2. The van der Waals surface area contributed by atoms with Crippen LogP contribution in [0.3, 0.4) is 0 Å². The highest BCUT2D eigenvalue weighted by Gasteiger charge is 2.47. The zero-order valence-corrected chi connectivity index (χ0v) is 20.7. The molecule has 1 saturated heterocycles. The van der Waals surface area contributed by atoms with Gasteiger partial charge >= 0.3 is 18.4 Å². The second-order valence-corrected chi connectivity index (χ2v) is 9.98. The fraction of sp³-hybridized carbons (Fsp3) is 0.500. The van der Waals surface area contributed by atoms with Crippen molar-refractivity contribution in [2.45, 2.75) is 69.8 Å². The number of carbonyl (C=O) groups is 1. The molecular formula is C26H29F6NO4. The van der Waals surface area contributed by atoms with E-state index < -0.39 is 65.9 Å². The molecule has 1 heterocycles. The van der Waals surface area contributed by atoms with Gasteiger partial charge in [0, 0.05) is 12.5 Å². The molecule has 2 aromatic rings. The van der Waals surface area contributed by atoms with Gasteiger partial charge in [-0.25, -0.2) is 4.79 Å². The van der Waals surface area contributed by atoms with E-state index in [2.05, 4.69) is 0 Å². The van der Waals surface area contributed by atoms with E-state index in [-0.39, 0.29) is 18.2 Å². The molecule has 0 bridgehead atoms. The average molecular weight is 534 g/mol. The molecule has 0 radical (unpaired) electrons. The molecule has 1 aliphatic heterocycles. The second kappa shape index (κ2) is 10.5. The Kier molecular flexibility index (Phi) is 8.19. The fourth-order valence-corrected chi connectivity index (χ4v) is 4.34. The van der Waals surface area contributed by atoms with Crippen LogP contribution in [0.5, 0.6) is 0 Å². The Hall–Kier alpha value is -2.79. The molecule has 0 unspecified atom stereocenters. The number of alkyl halides is 6. The monoisotopic (exact) mass is 533 g/mol. The van der Waals surface area contributed by atoms with E-state index in [0.29, 0.717) is 12.1 Å². The SMILES string of the molecule is C[C@@H](O[C@@H]1[C@@H](c2ccccc2)CN(C(=O)OC(C)(C)C)[C@H]1CO)c1cc(C(F)(F)F)cc(C(F)(F)F)c1. The minimum Gasteiger partial charge on any atom is -0.444 e. The summed E-state index contributed by atoms with van der Waals surface area (Å²) in [7, 11) is 0. The van der Waals surface area contributed by atoms with Crippen molar-refractivity contribution in [1.82, 2.24) is 4.90 Å². The quantitative estimate of drug-likeness (QED) is 0.442. The molecule has 2 aromatic carbocycles. The lowest BCUT2D eigenvalue weighted by molar-refractivity contribution is -0.143. The average Bonchev–Trinajstić information content (AvgIpc) is 3.15. The molecule has 0 aliphatic carbocycles. The smallest absolute Gasteiger partial charge is 0.416 e. The molecule has 0 aromatic heterocycles. The maximum atomic E-state index is 13.4. The first kappa shape index (κ1) is 28.8. The number of hydrogen-bond acceptors (Lipinski definition) is 4. The first-order valence-electron chi connectivity index (χ1n) is 11.6.